The first-order chi connectivity index (χ1) is 7.79. The molecule has 17 heavy (non-hydrogen) atoms. The molecule has 0 saturated carbocycles. The Hall–Kier alpha value is -0.170. The third kappa shape index (κ3) is 6.35. The topological polar surface area (TPSA) is 69.6 Å². The summed E-state index contributed by atoms with van der Waals surface area (Å²) in [4.78, 5) is 0. The summed E-state index contributed by atoms with van der Waals surface area (Å²) in [5.74, 6) is 0. The van der Waals surface area contributed by atoms with Crippen molar-refractivity contribution in [2.75, 3.05) is 19.7 Å². The van der Waals surface area contributed by atoms with Crippen LogP contribution in [-0.4, -0.2) is 43.1 Å². The Balaban J connectivity index is 4.72. The van der Waals surface area contributed by atoms with E-state index in [0.29, 0.717) is 19.5 Å². The smallest absolute Gasteiger partial charge is 0.279 e. The van der Waals surface area contributed by atoms with Gasteiger partial charge in [0.05, 0.1) is 0 Å². The molecule has 0 fully saturated rings. The van der Waals surface area contributed by atoms with Crippen LogP contribution in [0.15, 0.2) is 0 Å². The second kappa shape index (κ2) is 7.31. The lowest BCUT2D eigenvalue weighted by molar-refractivity contribution is 0.243. The van der Waals surface area contributed by atoms with Gasteiger partial charge in [0.15, 0.2) is 0 Å². The SMILES string of the molecule is CCCN(CCC)S(=O)(=O)NC(C)(C)CCO. The minimum Gasteiger partial charge on any atom is -0.396 e. The van der Waals surface area contributed by atoms with Crippen LogP contribution in [0.1, 0.15) is 47.0 Å². The molecule has 2 N–H and O–H groups in total. The van der Waals surface area contributed by atoms with E-state index in [1.54, 1.807) is 13.8 Å². The van der Waals surface area contributed by atoms with Crippen LogP contribution in [0.3, 0.4) is 0 Å². The first-order valence-electron chi connectivity index (χ1n) is 6.19. The van der Waals surface area contributed by atoms with Crippen molar-refractivity contribution in [2.24, 2.45) is 0 Å². The van der Waals surface area contributed by atoms with Gasteiger partial charge < -0.3 is 5.11 Å². The number of hydrogen-bond acceptors (Lipinski definition) is 3. The molecule has 0 spiro atoms. The van der Waals surface area contributed by atoms with Gasteiger partial charge in [-0.2, -0.15) is 17.4 Å². The fourth-order valence-electron chi connectivity index (χ4n) is 1.60. The fourth-order valence-corrected chi connectivity index (χ4v) is 3.37. The number of hydrogen-bond donors (Lipinski definition) is 2. The third-order valence-electron chi connectivity index (χ3n) is 2.43. The number of rotatable bonds is 9. The zero-order valence-electron chi connectivity index (χ0n) is 11.4. The van der Waals surface area contributed by atoms with Crippen molar-refractivity contribution in [3.05, 3.63) is 0 Å². The van der Waals surface area contributed by atoms with E-state index in [4.69, 9.17) is 5.11 Å². The van der Waals surface area contributed by atoms with E-state index in [2.05, 4.69) is 4.72 Å². The molecule has 0 aliphatic heterocycles. The summed E-state index contributed by atoms with van der Waals surface area (Å²) >= 11 is 0. The first kappa shape index (κ1) is 16.8. The van der Waals surface area contributed by atoms with Crippen LogP contribution in [0.4, 0.5) is 0 Å². The van der Waals surface area contributed by atoms with Gasteiger partial charge >= 0.3 is 0 Å². The van der Waals surface area contributed by atoms with Gasteiger partial charge in [-0.05, 0) is 33.1 Å². The molecule has 0 atom stereocenters. The Morgan fingerprint density at radius 1 is 1.18 bits per heavy atom. The van der Waals surface area contributed by atoms with Crippen LogP contribution < -0.4 is 4.72 Å². The minimum absolute atomic E-state index is 0.0307. The van der Waals surface area contributed by atoms with Crippen LogP contribution >= 0.6 is 0 Å². The van der Waals surface area contributed by atoms with Gasteiger partial charge in [0.1, 0.15) is 0 Å². The summed E-state index contributed by atoms with van der Waals surface area (Å²) in [6.45, 7) is 8.48. The number of aliphatic hydroxyl groups excluding tert-OH is 1. The molecule has 0 amide bonds. The van der Waals surface area contributed by atoms with E-state index in [-0.39, 0.29) is 6.61 Å². The molecule has 0 aromatic rings. The molecule has 0 bridgehead atoms. The lowest BCUT2D eigenvalue weighted by atomic mass is 10.0. The van der Waals surface area contributed by atoms with Gasteiger partial charge in [-0.25, -0.2) is 0 Å². The average Bonchev–Trinajstić information content (AvgIpc) is 2.15. The Bertz CT molecular complexity index is 296. The van der Waals surface area contributed by atoms with Crippen molar-refractivity contribution < 1.29 is 13.5 Å². The van der Waals surface area contributed by atoms with Crippen molar-refractivity contribution in [1.82, 2.24) is 9.03 Å². The molecule has 0 aromatic heterocycles. The molecule has 104 valence electrons. The Labute approximate surface area is 105 Å². The van der Waals surface area contributed by atoms with E-state index >= 15 is 0 Å². The maximum Gasteiger partial charge on any atom is 0.279 e. The maximum absolute atomic E-state index is 12.1. The van der Waals surface area contributed by atoms with Gasteiger partial charge in [-0.3, -0.25) is 0 Å². The molecule has 5 nitrogen and oxygen atoms in total. The minimum atomic E-state index is -3.45. The van der Waals surface area contributed by atoms with E-state index in [9.17, 15) is 8.42 Å². The monoisotopic (exact) mass is 266 g/mol. The molecular formula is C11H26N2O3S. The molecule has 0 rings (SSSR count). The molecule has 0 radical (unpaired) electrons. The van der Waals surface area contributed by atoms with E-state index in [1.165, 1.54) is 4.31 Å². The Morgan fingerprint density at radius 2 is 1.65 bits per heavy atom. The highest BCUT2D eigenvalue weighted by Gasteiger charge is 2.28. The largest absolute Gasteiger partial charge is 0.396 e. The van der Waals surface area contributed by atoms with Crippen LogP contribution in [0.25, 0.3) is 0 Å². The van der Waals surface area contributed by atoms with Gasteiger partial charge in [0.25, 0.3) is 10.2 Å². The molecule has 0 saturated heterocycles. The summed E-state index contributed by atoms with van der Waals surface area (Å²) in [6.07, 6.45) is 1.99. The second-order valence-corrected chi connectivity index (χ2v) is 6.53. The first-order valence-corrected chi connectivity index (χ1v) is 7.63. The molecule has 0 aromatic carbocycles. The Kier molecular flexibility index (Phi) is 7.23. The lowest BCUT2D eigenvalue weighted by Crippen LogP contribution is -2.51. The molecule has 0 aliphatic rings. The maximum atomic E-state index is 12.1. The fraction of sp³-hybridized carbons (Fsp3) is 1.00. The highest BCUT2D eigenvalue weighted by Crippen LogP contribution is 2.12. The van der Waals surface area contributed by atoms with Crippen molar-refractivity contribution in [3.63, 3.8) is 0 Å². The molecule has 0 heterocycles. The predicted octanol–water partition coefficient (Wildman–Crippen LogP) is 1.10. The second-order valence-electron chi connectivity index (χ2n) is 4.86. The van der Waals surface area contributed by atoms with Crippen LogP contribution in [0.5, 0.6) is 0 Å². The van der Waals surface area contributed by atoms with Crippen LogP contribution in [-0.2, 0) is 10.2 Å². The van der Waals surface area contributed by atoms with E-state index < -0.39 is 15.7 Å². The number of nitrogens with zero attached hydrogens (tertiary/aromatic N) is 1. The summed E-state index contributed by atoms with van der Waals surface area (Å²) in [5.41, 5.74) is -0.618. The molecule has 6 heteroatoms. The summed E-state index contributed by atoms with van der Waals surface area (Å²) < 4.78 is 28.4. The lowest BCUT2D eigenvalue weighted by Gasteiger charge is -2.29. The Morgan fingerprint density at radius 3 is 2.00 bits per heavy atom. The number of aliphatic hydroxyl groups is 1. The predicted molar refractivity (Wildman–Crippen MR) is 70.0 cm³/mol. The van der Waals surface area contributed by atoms with Crippen LogP contribution in [0.2, 0.25) is 0 Å². The molecular weight excluding hydrogens is 240 g/mol. The standard InChI is InChI=1S/C11H26N2O3S/c1-5-8-13(9-6-2)17(15,16)12-11(3,4)7-10-14/h12,14H,5-10H2,1-4H3. The van der Waals surface area contributed by atoms with Crippen molar-refractivity contribution >= 4 is 10.2 Å². The quantitative estimate of drug-likeness (QED) is 0.656. The van der Waals surface area contributed by atoms with E-state index in [0.717, 1.165) is 12.8 Å². The normalized spacial score (nSPS) is 13.3. The average molecular weight is 266 g/mol. The van der Waals surface area contributed by atoms with Gasteiger partial charge in [0, 0.05) is 25.2 Å². The summed E-state index contributed by atoms with van der Waals surface area (Å²) in [5, 5.41) is 8.90. The van der Waals surface area contributed by atoms with Crippen molar-refractivity contribution in [3.8, 4) is 0 Å². The highest BCUT2D eigenvalue weighted by molar-refractivity contribution is 7.87. The van der Waals surface area contributed by atoms with Gasteiger partial charge in [-0.1, -0.05) is 13.8 Å². The van der Waals surface area contributed by atoms with Crippen molar-refractivity contribution in [2.45, 2.75) is 52.5 Å². The van der Waals surface area contributed by atoms with Crippen LogP contribution in [0, 0.1) is 0 Å². The molecule has 0 unspecified atom stereocenters. The molecule has 0 aliphatic carbocycles. The van der Waals surface area contributed by atoms with Gasteiger partial charge in [-0.15, -0.1) is 0 Å². The van der Waals surface area contributed by atoms with Crippen molar-refractivity contribution in [1.29, 1.82) is 0 Å². The summed E-state index contributed by atoms with van der Waals surface area (Å²) in [7, 11) is -3.45. The van der Waals surface area contributed by atoms with Gasteiger partial charge in [0.2, 0.25) is 0 Å². The zero-order chi connectivity index (χ0) is 13.5. The highest BCUT2D eigenvalue weighted by atomic mass is 32.2. The van der Waals surface area contributed by atoms with E-state index in [1.807, 2.05) is 13.8 Å². The number of nitrogens with one attached hydrogen (secondary N) is 1. The third-order valence-corrected chi connectivity index (χ3v) is 4.28. The zero-order valence-corrected chi connectivity index (χ0v) is 12.2. The summed E-state index contributed by atoms with van der Waals surface area (Å²) in [6, 6.07) is 0.